The van der Waals surface area contributed by atoms with E-state index in [2.05, 4.69) is 52.4 Å². The van der Waals surface area contributed by atoms with Crippen LogP contribution in [0.4, 0.5) is 17.1 Å². The number of hydrogen-bond acceptors (Lipinski definition) is 3. The van der Waals surface area contributed by atoms with Gasteiger partial charge < -0.3 is 16.0 Å². The molecule has 3 N–H and O–H groups in total. The summed E-state index contributed by atoms with van der Waals surface area (Å²) < 4.78 is 0. The first-order valence-corrected chi connectivity index (χ1v) is 8.07. The molecule has 0 heterocycles. The highest BCUT2D eigenvalue weighted by Crippen LogP contribution is 2.34. The van der Waals surface area contributed by atoms with E-state index in [1.54, 1.807) is 0 Å². The first-order chi connectivity index (χ1) is 11.8. The number of rotatable bonds is 7. The molecule has 0 fully saturated rings. The Bertz CT molecular complexity index is 728. The number of anilines is 3. The Labute approximate surface area is 144 Å². The van der Waals surface area contributed by atoms with Crippen molar-refractivity contribution in [2.45, 2.75) is 0 Å². The molecule has 0 aliphatic heterocycles. The lowest BCUT2D eigenvalue weighted by atomic mass is 10.1. The van der Waals surface area contributed by atoms with Gasteiger partial charge in [-0.2, -0.15) is 0 Å². The predicted octanol–water partition coefficient (Wildman–Crippen LogP) is 5.09. The summed E-state index contributed by atoms with van der Waals surface area (Å²) >= 11 is 0. The first-order valence-electron chi connectivity index (χ1n) is 8.07. The Morgan fingerprint density at radius 1 is 0.625 bits per heavy atom. The van der Waals surface area contributed by atoms with Gasteiger partial charge in [-0.25, -0.2) is 0 Å². The van der Waals surface area contributed by atoms with Gasteiger partial charge in [-0.05, 0) is 17.2 Å². The van der Waals surface area contributed by atoms with E-state index >= 15 is 0 Å². The fraction of sp³-hybridized carbons (Fsp3) is 0.143. The molecule has 0 bridgehead atoms. The topological polar surface area (TPSA) is 36.1 Å². The number of nitrogens with one attached hydrogen (secondary N) is 3. The third-order valence-corrected chi connectivity index (χ3v) is 3.70. The second kappa shape index (κ2) is 9.26. The van der Waals surface area contributed by atoms with Crippen molar-refractivity contribution >= 4 is 29.2 Å². The maximum absolute atomic E-state index is 3.27. The standard InChI is InChI=1S/C21H25N3/c1-22-19-16-15-18(20(23-2)21(19)24-3)14-10-5-4-7-11-17-12-8-6-9-13-17/h4-16,22-24H,1-3H3/b5-4+,11-7+,14-10+. The average molecular weight is 319 g/mol. The maximum atomic E-state index is 3.27. The molecule has 0 atom stereocenters. The van der Waals surface area contributed by atoms with Crippen molar-refractivity contribution < 1.29 is 0 Å². The Morgan fingerprint density at radius 2 is 1.29 bits per heavy atom. The van der Waals surface area contributed by atoms with Gasteiger partial charge in [0.2, 0.25) is 0 Å². The molecule has 2 aromatic carbocycles. The van der Waals surface area contributed by atoms with E-state index in [9.17, 15) is 0 Å². The van der Waals surface area contributed by atoms with Crippen LogP contribution in [0.2, 0.25) is 0 Å². The van der Waals surface area contributed by atoms with Crippen LogP contribution in [-0.2, 0) is 0 Å². The molecule has 0 amide bonds. The summed E-state index contributed by atoms with van der Waals surface area (Å²) in [5.74, 6) is 0. The zero-order chi connectivity index (χ0) is 17.2. The van der Waals surface area contributed by atoms with Gasteiger partial charge in [-0.1, -0.05) is 72.9 Å². The summed E-state index contributed by atoms with van der Waals surface area (Å²) in [6, 6.07) is 14.4. The van der Waals surface area contributed by atoms with Crippen molar-refractivity contribution in [3.8, 4) is 0 Å². The number of allylic oxidation sites excluding steroid dienone is 4. The van der Waals surface area contributed by atoms with Crippen molar-refractivity contribution in [2.24, 2.45) is 0 Å². The molecule has 0 saturated carbocycles. The zero-order valence-corrected chi connectivity index (χ0v) is 14.5. The van der Waals surface area contributed by atoms with Gasteiger partial charge in [0.1, 0.15) is 0 Å². The highest BCUT2D eigenvalue weighted by Gasteiger charge is 2.08. The number of benzene rings is 2. The van der Waals surface area contributed by atoms with Crippen LogP contribution in [0.25, 0.3) is 12.2 Å². The van der Waals surface area contributed by atoms with Crippen LogP contribution in [0.5, 0.6) is 0 Å². The minimum atomic E-state index is 1.06. The summed E-state index contributed by atoms with van der Waals surface area (Å²) in [6.07, 6.45) is 12.3. The van der Waals surface area contributed by atoms with E-state index in [1.165, 1.54) is 5.56 Å². The molecule has 3 nitrogen and oxygen atoms in total. The van der Waals surface area contributed by atoms with Gasteiger partial charge in [0.05, 0.1) is 17.1 Å². The second-order valence-electron chi connectivity index (χ2n) is 5.22. The molecular formula is C21H25N3. The van der Waals surface area contributed by atoms with Crippen LogP contribution in [0, 0.1) is 0 Å². The predicted molar refractivity (Wildman–Crippen MR) is 109 cm³/mol. The molecule has 124 valence electrons. The van der Waals surface area contributed by atoms with Crippen LogP contribution in [-0.4, -0.2) is 21.1 Å². The lowest BCUT2D eigenvalue weighted by molar-refractivity contribution is 1.41. The fourth-order valence-electron chi connectivity index (χ4n) is 2.51. The lowest BCUT2D eigenvalue weighted by Gasteiger charge is -2.16. The van der Waals surface area contributed by atoms with Crippen molar-refractivity contribution in [3.63, 3.8) is 0 Å². The molecule has 0 aliphatic carbocycles. The Morgan fingerprint density at radius 3 is 1.92 bits per heavy atom. The molecule has 24 heavy (non-hydrogen) atoms. The Kier molecular flexibility index (Phi) is 6.72. The van der Waals surface area contributed by atoms with Crippen LogP contribution >= 0.6 is 0 Å². The van der Waals surface area contributed by atoms with Crippen LogP contribution < -0.4 is 16.0 Å². The van der Waals surface area contributed by atoms with E-state index in [1.807, 2.05) is 63.6 Å². The monoisotopic (exact) mass is 319 g/mol. The van der Waals surface area contributed by atoms with Crippen molar-refractivity contribution in [1.82, 2.24) is 0 Å². The quantitative estimate of drug-likeness (QED) is 0.622. The minimum Gasteiger partial charge on any atom is -0.386 e. The molecule has 0 spiro atoms. The van der Waals surface area contributed by atoms with Crippen LogP contribution in [0.1, 0.15) is 11.1 Å². The van der Waals surface area contributed by atoms with Gasteiger partial charge in [-0.15, -0.1) is 0 Å². The average Bonchev–Trinajstić information content (AvgIpc) is 2.64. The normalized spacial score (nSPS) is 11.5. The molecule has 0 aliphatic rings. The van der Waals surface area contributed by atoms with Gasteiger partial charge in [0.15, 0.2) is 0 Å². The third kappa shape index (κ3) is 4.53. The van der Waals surface area contributed by atoms with E-state index in [0.717, 1.165) is 22.6 Å². The highest BCUT2D eigenvalue weighted by molar-refractivity contribution is 5.88. The van der Waals surface area contributed by atoms with Crippen molar-refractivity contribution in [3.05, 3.63) is 77.9 Å². The van der Waals surface area contributed by atoms with Crippen molar-refractivity contribution in [1.29, 1.82) is 0 Å². The molecule has 0 aromatic heterocycles. The Balaban J connectivity index is 2.09. The first kappa shape index (κ1) is 17.4. The smallest absolute Gasteiger partial charge is 0.0815 e. The van der Waals surface area contributed by atoms with Gasteiger partial charge in [0.25, 0.3) is 0 Å². The van der Waals surface area contributed by atoms with Gasteiger partial charge >= 0.3 is 0 Å². The molecule has 0 unspecified atom stereocenters. The summed E-state index contributed by atoms with van der Waals surface area (Å²) in [6.45, 7) is 0. The van der Waals surface area contributed by atoms with Crippen molar-refractivity contribution in [2.75, 3.05) is 37.1 Å². The molecule has 0 radical (unpaired) electrons. The molecule has 0 saturated heterocycles. The van der Waals surface area contributed by atoms with Crippen LogP contribution in [0.3, 0.4) is 0 Å². The van der Waals surface area contributed by atoms with E-state index < -0.39 is 0 Å². The summed E-state index contributed by atoms with van der Waals surface area (Å²) in [5.41, 5.74) is 5.55. The molecular weight excluding hydrogens is 294 g/mol. The van der Waals surface area contributed by atoms with Gasteiger partial charge in [0, 0.05) is 21.1 Å². The summed E-state index contributed by atoms with van der Waals surface area (Å²) in [7, 11) is 5.79. The molecule has 3 heteroatoms. The zero-order valence-electron chi connectivity index (χ0n) is 14.5. The van der Waals surface area contributed by atoms with Crippen LogP contribution in [0.15, 0.2) is 66.8 Å². The molecule has 2 aromatic rings. The third-order valence-electron chi connectivity index (χ3n) is 3.70. The second-order valence-corrected chi connectivity index (χ2v) is 5.22. The van der Waals surface area contributed by atoms with E-state index in [4.69, 9.17) is 0 Å². The van der Waals surface area contributed by atoms with E-state index in [-0.39, 0.29) is 0 Å². The largest absolute Gasteiger partial charge is 0.386 e. The number of hydrogen-bond donors (Lipinski definition) is 3. The SMILES string of the molecule is CNc1ccc(/C=C/C=C/C=C/c2ccccc2)c(NC)c1NC. The summed E-state index contributed by atoms with van der Waals surface area (Å²) in [4.78, 5) is 0. The molecule has 2 rings (SSSR count). The summed E-state index contributed by atoms with van der Waals surface area (Å²) in [5, 5.41) is 9.72. The fourth-order valence-corrected chi connectivity index (χ4v) is 2.51. The van der Waals surface area contributed by atoms with Gasteiger partial charge in [-0.3, -0.25) is 0 Å². The lowest BCUT2D eigenvalue weighted by Crippen LogP contribution is -2.03. The minimum absolute atomic E-state index is 1.06. The maximum Gasteiger partial charge on any atom is 0.0815 e. The Hall–Kier alpha value is -2.94. The van der Waals surface area contributed by atoms with E-state index in [0.29, 0.717) is 0 Å². The highest BCUT2D eigenvalue weighted by atomic mass is 15.0.